The Bertz CT molecular complexity index is 1970. The van der Waals surface area contributed by atoms with Gasteiger partial charge in [-0.15, -0.1) is 23.2 Å². The lowest BCUT2D eigenvalue weighted by atomic mass is 9.56. The van der Waals surface area contributed by atoms with E-state index < -0.39 is 57.0 Å². The van der Waals surface area contributed by atoms with Crippen molar-refractivity contribution < 1.29 is 38.1 Å². The zero-order chi connectivity index (χ0) is 35.1. The van der Waals surface area contributed by atoms with Crippen LogP contribution in [0.5, 0.6) is 11.5 Å². The Morgan fingerprint density at radius 1 is 0.840 bits per heavy atom. The van der Waals surface area contributed by atoms with E-state index in [4.69, 9.17) is 32.7 Å². The fourth-order valence-electron chi connectivity index (χ4n) is 8.55. The van der Waals surface area contributed by atoms with Gasteiger partial charge in [0, 0.05) is 24.7 Å². The van der Waals surface area contributed by atoms with Crippen LogP contribution in [0, 0.1) is 23.6 Å². The number of allylic oxidation sites excluding steroid dienone is 2. The molecule has 0 aromatic heterocycles. The number of methoxy groups -OCH3 is 1. The Balaban J connectivity index is 1.21. The van der Waals surface area contributed by atoms with Gasteiger partial charge in [0.05, 0.1) is 43.5 Å². The van der Waals surface area contributed by atoms with Gasteiger partial charge in [0.2, 0.25) is 11.8 Å². The summed E-state index contributed by atoms with van der Waals surface area (Å²) in [4.78, 5) is 57.4. The molecule has 3 aromatic carbocycles. The van der Waals surface area contributed by atoms with E-state index in [9.17, 15) is 28.7 Å². The highest BCUT2D eigenvalue weighted by atomic mass is 35.5. The number of hydrogen-bond donors (Lipinski definition) is 1. The summed E-state index contributed by atoms with van der Waals surface area (Å²) in [7, 11) is 1.40. The van der Waals surface area contributed by atoms with Crippen molar-refractivity contribution in [2.45, 2.75) is 28.5 Å². The summed E-state index contributed by atoms with van der Waals surface area (Å²) in [6.45, 7) is 2.69. The number of aromatic hydroxyl groups is 1. The van der Waals surface area contributed by atoms with Gasteiger partial charge >= 0.3 is 0 Å². The van der Waals surface area contributed by atoms with E-state index >= 15 is 0 Å². The first kappa shape index (κ1) is 32.7. The molecule has 3 aliphatic heterocycles. The molecule has 10 nitrogen and oxygen atoms in total. The molecule has 13 heteroatoms. The van der Waals surface area contributed by atoms with Gasteiger partial charge in [-0.3, -0.25) is 24.1 Å². The number of rotatable bonds is 5. The van der Waals surface area contributed by atoms with Gasteiger partial charge in [-0.2, -0.15) is 0 Å². The molecule has 0 radical (unpaired) electrons. The molecular formula is C37H32Cl2FN3O7. The van der Waals surface area contributed by atoms with Gasteiger partial charge in [-0.05, 0) is 85.0 Å². The molecule has 2 aliphatic carbocycles. The predicted molar refractivity (Wildman–Crippen MR) is 183 cm³/mol. The number of nitrogens with zero attached hydrogens (tertiary/aromatic N) is 3. The van der Waals surface area contributed by atoms with Crippen LogP contribution in [0.15, 0.2) is 78.4 Å². The van der Waals surface area contributed by atoms with Crippen molar-refractivity contribution >= 4 is 63.9 Å². The molecular weight excluding hydrogens is 688 g/mol. The maximum atomic E-state index is 14.5. The van der Waals surface area contributed by atoms with Crippen LogP contribution in [-0.4, -0.2) is 71.9 Å². The quantitative estimate of drug-likeness (QED) is 0.219. The predicted octanol–water partition coefficient (Wildman–Crippen LogP) is 5.14. The van der Waals surface area contributed by atoms with Crippen molar-refractivity contribution in [3.8, 4) is 11.5 Å². The second kappa shape index (κ2) is 11.8. The number of phenols is 1. The average Bonchev–Trinajstić information content (AvgIpc) is 3.46. The number of anilines is 3. The number of morpholine rings is 1. The fourth-order valence-corrected chi connectivity index (χ4v) is 9.48. The largest absolute Gasteiger partial charge is 0.504 e. The zero-order valence-corrected chi connectivity index (χ0v) is 28.4. The molecule has 4 amide bonds. The summed E-state index contributed by atoms with van der Waals surface area (Å²) >= 11 is 14.8. The topological polar surface area (TPSA) is 117 Å². The summed E-state index contributed by atoms with van der Waals surface area (Å²) in [6, 6.07) is 16.6. The number of fused-ring (bicyclic) bond motifs is 4. The first-order valence-electron chi connectivity index (χ1n) is 16.4. The number of phenolic OH excluding ortho intramolecular Hbond substituents is 1. The number of alkyl halides is 2. The molecule has 3 aromatic rings. The molecule has 6 atom stereocenters. The lowest BCUT2D eigenvalue weighted by Gasteiger charge is -2.50. The van der Waals surface area contributed by atoms with Crippen LogP contribution in [0.3, 0.4) is 0 Å². The Labute approximate surface area is 296 Å². The molecule has 258 valence electrons. The smallest absolute Gasteiger partial charge is 0.258 e. The van der Waals surface area contributed by atoms with Crippen LogP contribution < -0.4 is 19.4 Å². The Hall–Kier alpha value is -4.45. The molecule has 50 heavy (non-hydrogen) atoms. The van der Waals surface area contributed by atoms with Crippen molar-refractivity contribution in [3.05, 3.63) is 89.8 Å². The molecule has 6 unspecified atom stereocenters. The number of benzene rings is 3. The lowest BCUT2D eigenvalue weighted by Crippen LogP contribution is -2.60. The van der Waals surface area contributed by atoms with Gasteiger partial charge in [0.25, 0.3) is 11.8 Å². The van der Waals surface area contributed by atoms with Crippen LogP contribution >= 0.6 is 23.2 Å². The minimum Gasteiger partial charge on any atom is -0.504 e. The molecule has 4 fully saturated rings. The van der Waals surface area contributed by atoms with E-state index in [1.807, 2.05) is 18.2 Å². The zero-order valence-electron chi connectivity index (χ0n) is 26.9. The van der Waals surface area contributed by atoms with Gasteiger partial charge in [0.1, 0.15) is 5.82 Å². The molecule has 0 spiro atoms. The lowest BCUT2D eigenvalue weighted by molar-refractivity contribution is -0.125. The van der Waals surface area contributed by atoms with Crippen molar-refractivity contribution in [1.29, 1.82) is 0 Å². The second-order valence-corrected chi connectivity index (χ2v) is 14.6. The number of imide groups is 2. The Kier molecular flexibility index (Phi) is 7.74. The highest BCUT2D eigenvalue weighted by Gasteiger charge is 2.76. The summed E-state index contributed by atoms with van der Waals surface area (Å²) in [5.74, 6) is -6.52. The van der Waals surface area contributed by atoms with E-state index in [0.29, 0.717) is 30.0 Å². The molecule has 3 heterocycles. The summed E-state index contributed by atoms with van der Waals surface area (Å²) < 4.78 is 24.6. The van der Waals surface area contributed by atoms with Crippen LogP contribution in [0.2, 0.25) is 0 Å². The number of hydrogen-bond acceptors (Lipinski definition) is 8. The molecule has 0 bridgehead atoms. The maximum absolute atomic E-state index is 14.5. The number of carbonyl (C=O) groups excluding carboxylic acids is 4. The van der Waals surface area contributed by atoms with Crippen LogP contribution in [0.1, 0.15) is 24.3 Å². The highest BCUT2D eigenvalue weighted by Crippen LogP contribution is 2.66. The van der Waals surface area contributed by atoms with Crippen LogP contribution in [0.4, 0.5) is 21.5 Å². The van der Waals surface area contributed by atoms with Crippen molar-refractivity contribution in [2.24, 2.45) is 17.8 Å². The van der Waals surface area contributed by atoms with Crippen molar-refractivity contribution in [3.63, 3.8) is 0 Å². The van der Waals surface area contributed by atoms with Crippen molar-refractivity contribution in [2.75, 3.05) is 48.1 Å². The highest BCUT2D eigenvalue weighted by molar-refractivity contribution is 6.58. The van der Waals surface area contributed by atoms with Gasteiger partial charge < -0.3 is 19.5 Å². The van der Waals surface area contributed by atoms with E-state index in [0.717, 1.165) is 35.8 Å². The van der Waals surface area contributed by atoms with Gasteiger partial charge in [0.15, 0.2) is 21.2 Å². The SMILES string of the molecule is COc1ccc(C2C3=CCC4C(=O)N(c5ccc(N6CCOCC6)cc5)C(=O)C4C3CC3(Cl)C(=O)N(c4ccc(F)cc4)C(=O)C23Cl)cc1O. The monoisotopic (exact) mass is 719 g/mol. The minimum absolute atomic E-state index is 0.0841. The number of carbonyl (C=O) groups is 4. The maximum Gasteiger partial charge on any atom is 0.258 e. The van der Waals surface area contributed by atoms with Gasteiger partial charge in [-0.25, -0.2) is 9.29 Å². The Morgan fingerprint density at radius 2 is 1.48 bits per heavy atom. The van der Waals surface area contributed by atoms with E-state index in [1.54, 1.807) is 18.2 Å². The normalized spacial score (nSPS) is 30.6. The van der Waals surface area contributed by atoms with Gasteiger partial charge in [-0.1, -0.05) is 17.7 Å². The van der Waals surface area contributed by atoms with Crippen LogP contribution in [0.25, 0.3) is 0 Å². The van der Waals surface area contributed by atoms with E-state index in [1.165, 1.54) is 36.3 Å². The molecule has 1 N–H and O–H groups in total. The molecule has 1 saturated carbocycles. The van der Waals surface area contributed by atoms with Crippen LogP contribution in [-0.2, 0) is 23.9 Å². The Morgan fingerprint density at radius 3 is 2.14 bits per heavy atom. The second-order valence-electron chi connectivity index (χ2n) is 13.3. The van der Waals surface area contributed by atoms with E-state index in [-0.39, 0.29) is 35.9 Å². The van der Waals surface area contributed by atoms with E-state index in [2.05, 4.69) is 4.90 Å². The summed E-state index contributed by atoms with van der Waals surface area (Å²) in [5, 5.41) is 10.8. The third-order valence-corrected chi connectivity index (χ3v) is 12.3. The first-order chi connectivity index (χ1) is 24.0. The van der Waals surface area contributed by atoms with Crippen molar-refractivity contribution in [1.82, 2.24) is 0 Å². The summed E-state index contributed by atoms with van der Waals surface area (Å²) in [5.41, 5.74) is 2.41. The minimum atomic E-state index is -2.11. The molecule has 8 rings (SSSR count). The first-order valence-corrected chi connectivity index (χ1v) is 17.1. The third kappa shape index (κ3) is 4.56. The fraction of sp³-hybridized carbons (Fsp3) is 0.351. The molecule has 3 saturated heterocycles. The standard InChI is InChI=1S/C37H32Cl2FN3O7/c1-49-29-13-2-20(18-28(29)44)31-25-11-12-26-30(33(46)42(32(26)45)23-9-7-22(8-10-23)41-14-16-50-17-15-41)27(25)19-36(38)34(47)43(35(48)37(31,36)39)24-5-3-21(40)4-6-24/h2-11,13,18,26-27,30-31,44H,12,14-17,19H2,1H3. The number of ether oxygens (including phenoxy) is 2. The number of halogens is 3. The third-order valence-electron chi connectivity index (χ3n) is 10.9. The average molecular weight is 721 g/mol. The molecule has 5 aliphatic rings. The summed E-state index contributed by atoms with van der Waals surface area (Å²) in [6.07, 6.45) is 1.80. The number of amides is 4.